The number of benzene rings is 2. The number of rotatable bonds is 0. The molecule has 1 fully saturated rings. The summed E-state index contributed by atoms with van der Waals surface area (Å²) in [6, 6.07) is 6.28. The van der Waals surface area contributed by atoms with Gasteiger partial charge in [0.1, 0.15) is 17.1 Å². The average molecular weight is 396 g/mol. The van der Waals surface area contributed by atoms with Gasteiger partial charge in [0.05, 0.1) is 23.8 Å². The summed E-state index contributed by atoms with van der Waals surface area (Å²) in [5.74, 6) is -2.80. The van der Waals surface area contributed by atoms with E-state index in [1.54, 1.807) is 26.0 Å². The first kappa shape index (κ1) is 18.3. The first-order valence-electron chi connectivity index (χ1n) is 9.45. The van der Waals surface area contributed by atoms with Crippen LogP contribution >= 0.6 is 0 Å². The molecule has 29 heavy (non-hydrogen) atoms. The highest BCUT2D eigenvalue weighted by Crippen LogP contribution is 2.52. The van der Waals surface area contributed by atoms with Crippen LogP contribution in [0.2, 0.25) is 0 Å². The van der Waals surface area contributed by atoms with E-state index in [0.717, 1.165) is 0 Å². The molecule has 0 unspecified atom stereocenters. The molecule has 2 atom stereocenters. The molecule has 0 saturated carbocycles. The number of ether oxygens (including phenoxy) is 2. The summed E-state index contributed by atoms with van der Waals surface area (Å²) in [5.41, 5.74) is -0.768. The normalized spacial score (nSPS) is 26.9. The average Bonchev–Trinajstić information content (AvgIpc) is 2.96. The summed E-state index contributed by atoms with van der Waals surface area (Å²) in [7, 11) is 0. The third-order valence-corrected chi connectivity index (χ3v) is 6.00. The third-order valence-electron chi connectivity index (χ3n) is 6.00. The maximum atomic E-state index is 13.1. The Balaban J connectivity index is 1.73. The Morgan fingerprint density at radius 2 is 1.59 bits per heavy atom. The lowest BCUT2D eigenvalue weighted by Gasteiger charge is -2.38. The summed E-state index contributed by atoms with van der Waals surface area (Å²) in [5, 5.41) is 32.7. The number of ketones is 2. The highest BCUT2D eigenvalue weighted by molar-refractivity contribution is 6.30. The molecular formula is C22H20O7. The van der Waals surface area contributed by atoms with Gasteiger partial charge in [-0.2, -0.15) is 0 Å². The van der Waals surface area contributed by atoms with Gasteiger partial charge in [0.15, 0.2) is 17.4 Å². The number of hydrogen-bond donors (Lipinski definition) is 3. The second-order valence-electron chi connectivity index (χ2n) is 8.41. The number of hydrogen-bond acceptors (Lipinski definition) is 7. The van der Waals surface area contributed by atoms with Crippen LogP contribution in [0.15, 0.2) is 24.3 Å². The summed E-state index contributed by atoms with van der Waals surface area (Å²) < 4.78 is 11.7. The zero-order chi connectivity index (χ0) is 20.7. The molecule has 0 bridgehead atoms. The Bertz CT molecular complexity index is 1100. The molecule has 2 aromatic carbocycles. The molecule has 1 heterocycles. The van der Waals surface area contributed by atoms with Crippen molar-refractivity contribution in [1.29, 1.82) is 0 Å². The van der Waals surface area contributed by atoms with Gasteiger partial charge in [-0.05, 0) is 13.8 Å². The predicted octanol–water partition coefficient (Wildman–Crippen LogP) is 2.37. The zero-order valence-electron chi connectivity index (χ0n) is 16.0. The first-order chi connectivity index (χ1) is 13.6. The van der Waals surface area contributed by atoms with Gasteiger partial charge in [-0.15, -0.1) is 0 Å². The minimum Gasteiger partial charge on any atom is -0.507 e. The first-order valence-corrected chi connectivity index (χ1v) is 9.45. The predicted molar refractivity (Wildman–Crippen MR) is 100 cm³/mol. The van der Waals surface area contributed by atoms with E-state index in [-0.39, 0.29) is 52.8 Å². The molecule has 2 aromatic rings. The van der Waals surface area contributed by atoms with Crippen LogP contribution in [0.25, 0.3) is 0 Å². The van der Waals surface area contributed by atoms with Crippen LogP contribution in [0.3, 0.4) is 0 Å². The summed E-state index contributed by atoms with van der Waals surface area (Å²) in [6.07, 6.45) is -0.917. The maximum Gasteiger partial charge on any atom is 0.198 e. The smallest absolute Gasteiger partial charge is 0.198 e. The second-order valence-corrected chi connectivity index (χ2v) is 8.41. The third kappa shape index (κ3) is 2.41. The Morgan fingerprint density at radius 1 is 1.00 bits per heavy atom. The maximum absolute atomic E-state index is 13.1. The quantitative estimate of drug-likeness (QED) is 0.500. The molecule has 1 saturated heterocycles. The highest BCUT2D eigenvalue weighted by atomic mass is 16.8. The lowest BCUT2D eigenvalue weighted by molar-refractivity contribution is -0.169. The highest BCUT2D eigenvalue weighted by Gasteiger charge is 2.52. The van der Waals surface area contributed by atoms with E-state index in [1.807, 2.05) is 0 Å². The van der Waals surface area contributed by atoms with Crippen molar-refractivity contribution < 1.29 is 34.4 Å². The van der Waals surface area contributed by atoms with E-state index in [0.29, 0.717) is 0 Å². The number of phenols is 2. The Morgan fingerprint density at radius 3 is 2.14 bits per heavy atom. The Hall–Kier alpha value is -2.74. The molecule has 3 aliphatic rings. The van der Waals surface area contributed by atoms with E-state index in [9.17, 15) is 24.9 Å². The van der Waals surface area contributed by atoms with Gasteiger partial charge in [-0.3, -0.25) is 9.59 Å². The molecule has 0 aromatic heterocycles. The minimum absolute atomic E-state index is 0.0701. The van der Waals surface area contributed by atoms with Crippen LogP contribution in [0.5, 0.6) is 11.5 Å². The Kier molecular flexibility index (Phi) is 3.57. The fourth-order valence-electron chi connectivity index (χ4n) is 4.84. The lowest BCUT2D eigenvalue weighted by Crippen LogP contribution is -2.42. The van der Waals surface area contributed by atoms with Gasteiger partial charge < -0.3 is 24.8 Å². The van der Waals surface area contributed by atoms with Gasteiger partial charge in [0.2, 0.25) is 0 Å². The molecule has 7 heteroatoms. The number of aliphatic hydroxyl groups is 1. The minimum atomic E-state index is -1.19. The SMILES string of the molecule is CC1(C)OC[C@@]2(Cc3c(O)c4c(c(O)c3[C@@H](O)C2)C(=O)c2ccccc2C4=O)O1. The molecule has 3 N–H and O–H groups in total. The fourth-order valence-corrected chi connectivity index (χ4v) is 4.84. The lowest BCUT2D eigenvalue weighted by atomic mass is 9.73. The van der Waals surface area contributed by atoms with E-state index in [4.69, 9.17) is 9.47 Å². The number of carbonyl (C=O) groups is 2. The zero-order valence-corrected chi connectivity index (χ0v) is 16.0. The number of phenolic OH excluding ortho intramolecular Hbond substituents is 2. The second kappa shape index (κ2) is 5.66. The number of aliphatic hydroxyl groups excluding tert-OH is 1. The number of aromatic hydroxyl groups is 2. The van der Waals surface area contributed by atoms with Crippen molar-refractivity contribution in [3.63, 3.8) is 0 Å². The molecule has 2 aliphatic carbocycles. The van der Waals surface area contributed by atoms with Crippen molar-refractivity contribution in [2.75, 3.05) is 6.61 Å². The van der Waals surface area contributed by atoms with E-state index >= 15 is 0 Å². The monoisotopic (exact) mass is 396 g/mol. The molecule has 0 radical (unpaired) electrons. The van der Waals surface area contributed by atoms with E-state index < -0.39 is 40.6 Å². The topological polar surface area (TPSA) is 113 Å². The van der Waals surface area contributed by atoms with Gasteiger partial charge in [0.25, 0.3) is 0 Å². The van der Waals surface area contributed by atoms with E-state index in [2.05, 4.69) is 0 Å². The summed E-state index contributed by atoms with van der Waals surface area (Å²) in [4.78, 5) is 26.1. The molecule has 5 rings (SSSR count). The number of fused-ring (bicyclic) bond motifs is 3. The standard InChI is InChI=1S/C22H20O7/c1-21(2)28-9-22(29-21)7-12-14(13(23)8-22)20(27)16-15(19(12)26)17(24)10-5-3-4-6-11(10)18(16)25/h3-6,13,23,26-27H,7-9H2,1-2H3/t13-,22-/m0/s1. The van der Waals surface area contributed by atoms with Crippen molar-refractivity contribution in [2.24, 2.45) is 0 Å². The van der Waals surface area contributed by atoms with Crippen molar-refractivity contribution in [1.82, 2.24) is 0 Å². The molecule has 0 amide bonds. The molecule has 1 aliphatic heterocycles. The molecule has 1 spiro atoms. The van der Waals surface area contributed by atoms with E-state index in [1.165, 1.54) is 12.1 Å². The van der Waals surface area contributed by atoms with Crippen molar-refractivity contribution in [2.45, 2.75) is 44.2 Å². The van der Waals surface area contributed by atoms with Crippen molar-refractivity contribution in [3.8, 4) is 11.5 Å². The van der Waals surface area contributed by atoms with Gasteiger partial charge in [-0.1, -0.05) is 24.3 Å². The van der Waals surface area contributed by atoms with Crippen LogP contribution in [0.4, 0.5) is 0 Å². The van der Waals surface area contributed by atoms with Crippen LogP contribution < -0.4 is 0 Å². The van der Waals surface area contributed by atoms with Gasteiger partial charge >= 0.3 is 0 Å². The summed E-state index contributed by atoms with van der Waals surface area (Å²) in [6.45, 7) is 3.71. The van der Waals surface area contributed by atoms with Crippen molar-refractivity contribution >= 4 is 11.6 Å². The number of carbonyl (C=O) groups excluding carboxylic acids is 2. The van der Waals surface area contributed by atoms with Gasteiger partial charge in [0, 0.05) is 35.1 Å². The Labute approximate surface area is 166 Å². The largest absolute Gasteiger partial charge is 0.507 e. The van der Waals surface area contributed by atoms with Crippen LogP contribution in [-0.4, -0.2) is 44.9 Å². The molecular weight excluding hydrogens is 376 g/mol. The van der Waals surface area contributed by atoms with Crippen LogP contribution in [-0.2, 0) is 15.9 Å². The summed E-state index contributed by atoms with van der Waals surface area (Å²) >= 11 is 0. The van der Waals surface area contributed by atoms with Crippen LogP contribution in [0.1, 0.15) is 69.3 Å². The van der Waals surface area contributed by atoms with Crippen molar-refractivity contribution in [3.05, 3.63) is 57.6 Å². The molecule has 150 valence electrons. The molecule has 7 nitrogen and oxygen atoms in total. The van der Waals surface area contributed by atoms with Crippen LogP contribution in [0, 0.1) is 0 Å². The van der Waals surface area contributed by atoms with Gasteiger partial charge in [-0.25, -0.2) is 0 Å². The fraction of sp³-hybridized carbons (Fsp3) is 0.364.